The number of carbonyl (C=O) groups excluding carboxylic acids is 2. The van der Waals surface area contributed by atoms with E-state index in [4.69, 9.17) is 9.47 Å². The number of nitrogens with one attached hydrogen (secondary N) is 2. The zero-order chi connectivity index (χ0) is 19.5. The molecule has 1 aliphatic carbocycles. The van der Waals surface area contributed by atoms with Crippen molar-refractivity contribution in [3.05, 3.63) is 70.8 Å². The Labute approximate surface area is 163 Å². The molecule has 0 radical (unpaired) electrons. The van der Waals surface area contributed by atoms with Gasteiger partial charge in [-0.3, -0.25) is 0 Å². The number of aryl methyl sites for hydroxylation is 1. The van der Waals surface area contributed by atoms with Crippen LogP contribution in [-0.2, 0) is 16.0 Å². The lowest BCUT2D eigenvalue weighted by molar-refractivity contribution is -0.145. The van der Waals surface area contributed by atoms with Crippen molar-refractivity contribution in [3.8, 4) is 5.75 Å². The highest BCUT2D eigenvalue weighted by atomic mass is 16.6. The summed E-state index contributed by atoms with van der Waals surface area (Å²) < 4.78 is 10.4. The summed E-state index contributed by atoms with van der Waals surface area (Å²) in [5.74, 6) is 0.161. The third-order valence-electron chi connectivity index (χ3n) is 4.99. The Bertz CT molecular complexity index is 951. The third kappa shape index (κ3) is 3.58. The summed E-state index contributed by atoms with van der Waals surface area (Å²) >= 11 is 0. The lowest BCUT2D eigenvalue weighted by Gasteiger charge is -2.34. The number of fused-ring (bicyclic) bond motifs is 2. The predicted octanol–water partition coefficient (Wildman–Crippen LogP) is 3.34. The van der Waals surface area contributed by atoms with E-state index in [0.29, 0.717) is 12.4 Å². The van der Waals surface area contributed by atoms with Crippen LogP contribution in [0, 0.1) is 0 Å². The summed E-state index contributed by atoms with van der Waals surface area (Å²) in [6.07, 6.45) is 1.79. The molecule has 1 aliphatic heterocycles. The number of carbonyl (C=O) groups is 2. The van der Waals surface area contributed by atoms with Crippen LogP contribution >= 0.6 is 0 Å². The average Bonchev–Trinajstić information content (AvgIpc) is 2.72. The first-order chi connectivity index (χ1) is 13.7. The minimum atomic E-state index is -0.406. The monoisotopic (exact) mass is 378 g/mol. The first-order valence-corrected chi connectivity index (χ1v) is 9.43. The average molecular weight is 378 g/mol. The summed E-state index contributed by atoms with van der Waals surface area (Å²) in [6, 6.07) is 15.2. The Morgan fingerprint density at radius 2 is 2.00 bits per heavy atom. The highest BCUT2D eigenvalue weighted by molar-refractivity contribution is 5.91. The van der Waals surface area contributed by atoms with E-state index in [-0.39, 0.29) is 18.7 Å². The largest absolute Gasteiger partial charge is 0.482 e. The number of urea groups is 1. The molecule has 0 bridgehead atoms. The van der Waals surface area contributed by atoms with Gasteiger partial charge in [-0.2, -0.15) is 0 Å². The van der Waals surface area contributed by atoms with Gasteiger partial charge in [0.15, 0.2) is 6.61 Å². The van der Waals surface area contributed by atoms with Gasteiger partial charge < -0.3 is 20.1 Å². The molecule has 0 fully saturated rings. The first kappa shape index (κ1) is 18.1. The van der Waals surface area contributed by atoms with E-state index in [0.717, 1.165) is 35.2 Å². The molecular weight excluding hydrogens is 356 g/mol. The van der Waals surface area contributed by atoms with Crippen LogP contribution in [0.3, 0.4) is 0 Å². The molecule has 4 rings (SSSR count). The molecule has 144 valence electrons. The van der Waals surface area contributed by atoms with Crippen LogP contribution in [0.2, 0.25) is 0 Å². The molecule has 2 amide bonds. The zero-order valence-electron chi connectivity index (χ0n) is 15.7. The maximum Gasteiger partial charge on any atom is 0.344 e. The molecule has 6 heteroatoms. The van der Waals surface area contributed by atoms with Crippen LogP contribution in [0.5, 0.6) is 5.75 Å². The Morgan fingerprint density at radius 1 is 1.14 bits per heavy atom. The van der Waals surface area contributed by atoms with Gasteiger partial charge in [0.2, 0.25) is 0 Å². The van der Waals surface area contributed by atoms with Gasteiger partial charge in [0.25, 0.3) is 0 Å². The zero-order valence-corrected chi connectivity index (χ0v) is 15.7. The second-order valence-electron chi connectivity index (χ2n) is 6.76. The van der Waals surface area contributed by atoms with Gasteiger partial charge in [0.1, 0.15) is 5.75 Å². The molecule has 2 N–H and O–H groups in total. The summed E-state index contributed by atoms with van der Waals surface area (Å²) in [4.78, 5) is 23.9. The highest BCUT2D eigenvalue weighted by Crippen LogP contribution is 2.39. The Kier molecular flexibility index (Phi) is 5.02. The SMILES string of the molecule is CCOC(=O)COc1cccc(C2NC(=O)NC3=C2CCc2ccccc23)c1. The molecule has 2 aromatic rings. The molecule has 0 saturated heterocycles. The summed E-state index contributed by atoms with van der Waals surface area (Å²) in [5.41, 5.74) is 5.30. The molecular formula is C22H22N2O4. The Balaban J connectivity index is 1.63. The highest BCUT2D eigenvalue weighted by Gasteiger charge is 2.32. The van der Waals surface area contributed by atoms with Crippen molar-refractivity contribution in [2.24, 2.45) is 0 Å². The molecule has 6 nitrogen and oxygen atoms in total. The molecule has 1 atom stereocenters. The van der Waals surface area contributed by atoms with Crippen molar-refractivity contribution in [2.45, 2.75) is 25.8 Å². The van der Waals surface area contributed by atoms with Gasteiger partial charge in [0.05, 0.1) is 18.3 Å². The Morgan fingerprint density at radius 3 is 2.86 bits per heavy atom. The fourth-order valence-corrected chi connectivity index (χ4v) is 3.77. The van der Waals surface area contributed by atoms with Crippen molar-refractivity contribution in [3.63, 3.8) is 0 Å². The van der Waals surface area contributed by atoms with Crippen molar-refractivity contribution in [2.75, 3.05) is 13.2 Å². The fraction of sp³-hybridized carbons (Fsp3) is 0.273. The van der Waals surface area contributed by atoms with Gasteiger partial charge in [-0.15, -0.1) is 0 Å². The lowest BCUT2D eigenvalue weighted by atomic mass is 9.83. The second-order valence-corrected chi connectivity index (χ2v) is 6.76. The van der Waals surface area contributed by atoms with Crippen LogP contribution < -0.4 is 15.4 Å². The smallest absolute Gasteiger partial charge is 0.344 e. The molecule has 0 saturated carbocycles. The minimum Gasteiger partial charge on any atom is -0.482 e. The summed E-state index contributed by atoms with van der Waals surface area (Å²) in [5, 5.41) is 6.00. The van der Waals surface area contributed by atoms with Crippen LogP contribution in [0.4, 0.5) is 4.79 Å². The molecule has 2 aliphatic rings. The van der Waals surface area contributed by atoms with Crippen LogP contribution in [0.1, 0.15) is 36.1 Å². The van der Waals surface area contributed by atoms with E-state index in [1.165, 1.54) is 5.56 Å². The number of benzene rings is 2. The topological polar surface area (TPSA) is 76.7 Å². The van der Waals surface area contributed by atoms with Gasteiger partial charge in [-0.1, -0.05) is 36.4 Å². The van der Waals surface area contributed by atoms with Crippen molar-refractivity contribution in [1.29, 1.82) is 0 Å². The normalized spacial score (nSPS) is 17.8. The summed E-state index contributed by atoms with van der Waals surface area (Å²) in [7, 11) is 0. The van der Waals surface area contributed by atoms with Crippen molar-refractivity contribution in [1.82, 2.24) is 10.6 Å². The quantitative estimate of drug-likeness (QED) is 0.783. The summed E-state index contributed by atoms with van der Waals surface area (Å²) in [6.45, 7) is 1.94. The van der Waals surface area contributed by atoms with Gasteiger partial charge in [0, 0.05) is 5.56 Å². The number of esters is 1. The molecule has 1 unspecified atom stereocenters. The van der Waals surface area contributed by atoms with Crippen molar-refractivity contribution < 1.29 is 19.1 Å². The van der Waals surface area contributed by atoms with E-state index in [2.05, 4.69) is 16.7 Å². The lowest BCUT2D eigenvalue weighted by Crippen LogP contribution is -2.44. The van der Waals surface area contributed by atoms with Crippen LogP contribution in [0.15, 0.2) is 54.1 Å². The Hall–Kier alpha value is -3.28. The van der Waals surface area contributed by atoms with Crippen LogP contribution in [0.25, 0.3) is 5.70 Å². The maximum absolute atomic E-state index is 12.3. The van der Waals surface area contributed by atoms with E-state index in [1.54, 1.807) is 13.0 Å². The number of hydrogen-bond acceptors (Lipinski definition) is 4. The first-order valence-electron chi connectivity index (χ1n) is 9.43. The third-order valence-corrected chi connectivity index (χ3v) is 4.99. The van der Waals surface area contributed by atoms with Crippen LogP contribution in [-0.4, -0.2) is 25.2 Å². The van der Waals surface area contributed by atoms with E-state index >= 15 is 0 Å². The predicted molar refractivity (Wildman–Crippen MR) is 105 cm³/mol. The number of amides is 2. The number of hydrogen-bond donors (Lipinski definition) is 2. The van der Waals surface area contributed by atoms with E-state index < -0.39 is 5.97 Å². The van der Waals surface area contributed by atoms with Crippen molar-refractivity contribution >= 4 is 17.7 Å². The molecule has 0 spiro atoms. The molecule has 0 aromatic heterocycles. The van der Waals surface area contributed by atoms with E-state index in [9.17, 15) is 9.59 Å². The minimum absolute atomic E-state index is 0.142. The fourth-order valence-electron chi connectivity index (χ4n) is 3.77. The van der Waals surface area contributed by atoms with E-state index in [1.807, 2.05) is 36.4 Å². The van der Waals surface area contributed by atoms with Gasteiger partial charge in [-0.05, 0) is 48.6 Å². The second kappa shape index (κ2) is 7.76. The standard InChI is InChI=1S/C22H22N2O4/c1-2-27-19(25)13-28-16-8-5-7-15(12-16)20-18-11-10-14-6-3-4-9-17(14)21(18)24-22(26)23-20/h3-9,12,20H,2,10-11,13H2,1H3,(H2,23,24,26). The van der Waals surface area contributed by atoms with Gasteiger partial charge in [-0.25, -0.2) is 9.59 Å². The number of ether oxygens (including phenoxy) is 2. The maximum atomic E-state index is 12.3. The molecule has 28 heavy (non-hydrogen) atoms. The molecule has 1 heterocycles. The number of rotatable bonds is 5. The molecule has 2 aromatic carbocycles. The van der Waals surface area contributed by atoms with Gasteiger partial charge >= 0.3 is 12.0 Å².